The van der Waals surface area contributed by atoms with Crippen LogP contribution in [-0.2, 0) is 11.8 Å². The number of pyridine rings is 2. The molecule has 33 heavy (non-hydrogen) atoms. The number of aryl methyl sites for hydroxylation is 1. The zero-order chi connectivity index (χ0) is 23.1. The summed E-state index contributed by atoms with van der Waals surface area (Å²) in [4.78, 5) is 24.9. The van der Waals surface area contributed by atoms with E-state index in [1.807, 2.05) is 0 Å². The van der Waals surface area contributed by atoms with Crippen LogP contribution >= 0.6 is 0 Å². The fraction of sp³-hybridized carbons (Fsp3) is 0.250. The molecule has 1 fully saturated rings. The fourth-order valence-electron chi connectivity index (χ4n) is 3.70. The van der Waals surface area contributed by atoms with Crippen molar-refractivity contribution in [3.63, 3.8) is 0 Å². The number of nitrogens with one attached hydrogen (secondary N) is 2. The first-order chi connectivity index (χ1) is 15.9. The number of fused-ring (bicyclic) bond motifs is 2. The minimum atomic E-state index is -2.65. The second-order valence-electron chi connectivity index (χ2n) is 7.93. The predicted octanol–water partition coefficient (Wildman–Crippen LogP) is 4.24. The standard InChI is InChI=1S/C24H20F2N6O/c1-27-22-17-12-28-20(31-24(33)14-6-7-14)10-16(17)15(11-29-22)5-3-13-4-8-18-19(9-13)32(2)23(30-18)21(25)26/h4,8-12,14,21H,6-7H2,1-2H3,(H,27,29)(H,28,31,33). The molecule has 1 saturated carbocycles. The summed E-state index contributed by atoms with van der Waals surface area (Å²) in [6.07, 6.45) is 2.48. The van der Waals surface area contributed by atoms with Crippen LogP contribution in [0.15, 0.2) is 36.7 Å². The Hall–Kier alpha value is -4.06. The van der Waals surface area contributed by atoms with Crippen molar-refractivity contribution in [3.8, 4) is 11.8 Å². The number of carbonyl (C=O) groups excluding carboxylic acids is 1. The maximum atomic E-state index is 13.2. The highest BCUT2D eigenvalue weighted by Gasteiger charge is 2.29. The van der Waals surface area contributed by atoms with Gasteiger partial charge in [-0.25, -0.2) is 23.7 Å². The largest absolute Gasteiger partial charge is 0.373 e. The van der Waals surface area contributed by atoms with Crippen molar-refractivity contribution in [1.29, 1.82) is 0 Å². The van der Waals surface area contributed by atoms with Gasteiger partial charge in [0, 0.05) is 48.7 Å². The first kappa shape index (κ1) is 20.8. The third-order valence-electron chi connectivity index (χ3n) is 5.66. The van der Waals surface area contributed by atoms with Gasteiger partial charge in [0.05, 0.1) is 16.6 Å². The van der Waals surface area contributed by atoms with Crippen LogP contribution in [0.3, 0.4) is 0 Å². The number of carbonyl (C=O) groups is 1. The lowest BCUT2D eigenvalue weighted by Crippen LogP contribution is -2.14. The van der Waals surface area contributed by atoms with Gasteiger partial charge < -0.3 is 15.2 Å². The van der Waals surface area contributed by atoms with Gasteiger partial charge in [0.15, 0.2) is 5.82 Å². The van der Waals surface area contributed by atoms with Gasteiger partial charge in [0.1, 0.15) is 11.6 Å². The fourth-order valence-corrected chi connectivity index (χ4v) is 3.70. The summed E-state index contributed by atoms with van der Waals surface area (Å²) >= 11 is 0. The van der Waals surface area contributed by atoms with Crippen LogP contribution in [-0.4, -0.2) is 32.5 Å². The Morgan fingerprint density at radius 2 is 1.97 bits per heavy atom. The van der Waals surface area contributed by atoms with Crippen molar-refractivity contribution in [3.05, 3.63) is 53.6 Å². The van der Waals surface area contributed by atoms with Crippen LogP contribution in [0.2, 0.25) is 0 Å². The predicted molar refractivity (Wildman–Crippen MR) is 122 cm³/mol. The molecule has 0 bridgehead atoms. The molecule has 0 radical (unpaired) electrons. The number of amides is 1. The second-order valence-corrected chi connectivity index (χ2v) is 7.93. The van der Waals surface area contributed by atoms with E-state index in [9.17, 15) is 13.6 Å². The van der Waals surface area contributed by atoms with Crippen molar-refractivity contribution in [2.75, 3.05) is 17.7 Å². The van der Waals surface area contributed by atoms with Gasteiger partial charge in [-0.2, -0.15) is 0 Å². The molecule has 0 unspecified atom stereocenters. The van der Waals surface area contributed by atoms with Crippen LogP contribution in [0.25, 0.3) is 21.8 Å². The molecule has 166 valence electrons. The number of halogens is 2. The average Bonchev–Trinajstić information content (AvgIpc) is 3.61. The maximum Gasteiger partial charge on any atom is 0.295 e. The Morgan fingerprint density at radius 3 is 2.70 bits per heavy atom. The molecule has 0 atom stereocenters. The summed E-state index contributed by atoms with van der Waals surface area (Å²) in [5.41, 5.74) is 2.39. The highest BCUT2D eigenvalue weighted by Crippen LogP contribution is 2.31. The summed E-state index contributed by atoms with van der Waals surface area (Å²) in [6, 6.07) is 6.96. The highest BCUT2D eigenvalue weighted by atomic mass is 19.3. The van der Waals surface area contributed by atoms with Crippen molar-refractivity contribution in [2.45, 2.75) is 19.3 Å². The van der Waals surface area contributed by atoms with Crippen molar-refractivity contribution in [2.24, 2.45) is 13.0 Å². The molecule has 1 aromatic carbocycles. The molecule has 0 aliphatic heterocycles. The van der Waals surface area contributed by atoms with E-state index in [0.29, 0.717) is 33.8 Å². The van der Waals surface area contributed by atoms with E-state index in [1.54, 1.807) is 50.8 Å². The molecular weight excluding hydrogens is 426 g/mol. The molecule has 0 saturated heterocycles. The smallest absolute Gasteiger partial charge is 0.295 e. The van der Waals surface area contributed by atoms with Gasteiger partial charge >= 0.3 is 0 Å². The number of hydrogen-bond acceptors (Lipinski definition) is 5. The van der Waals surface area contributed by atoms with E-state index >= 15 is 0 Å². The molecule has 1 aliphatic rings. The lowest BCUT2D eigenvalue weighted by Gasteiger charge is -2.09. The molecule has 9 heteroatoms. The average molecular weight is 446 g/mol. The van der Waals surface area contributed by atoms with Crippen LogP contribution in [0.4, 0.5) is 20.4 Å². The third kappa shape index (κ3) is 3.96. The van der Waals surface area contributed by atoms with Gasteiger partial charge in [0.2, 0.25) is 5.91 Å². The number of benzene rings is 1. The highest BCUT2D eigenvalue weighted by molar-refractivity contribution is 5.99. The van der Waals surface area contributed by atoms with E-state index in [-0.39, 0.29) is 17.6 Å². The molecule has 0 spiro atoms. The number of nitrogens with zero attached hydrogens (tertiary/aromatic N) is 4. The molecule has 7 nitrogen and oxygen atoms in total. The summed E-state index contributed by atoms with van der Waals surface area (Å²) in [5, 5.41) is 7.47. The molecule has 2 N–H and O–H groups in total. The monoisotopic (exact) mass is 446 g/mol. The summed E-state index contributed by atoms with van der Waals surface area (Å²) in [7, 11) is 3.33. The maximum absolute atomic E-state index is 13.2. The Balaban J connectivity index is 1.54. The Labute approximate surface area is 188 Å². The molecular formula is C24H20F2N6O. The molecule has 3 heterocycles. The van der Waals surface area contributed by atoms with Gasteiger partial charge in [0.25, 0.3) is 6.43 Å². The van der Waals surface area contributed by atoms with Crippen molar-refractivity contribution in [1.82, 2.24) is 19.5 Å². The number of hydrogen-bond donors (Lipinski definition) is 2. The molecule has 5 rings (SSSR count). The first-order valence-corrected chi connectivity index (χ1v) is 10.5. The quantitative estimate of drug-likeness (QED) is 0.458. The van der Waals surface area contributed by atoms with Crippen LogP contribution in [0.5, 0.6) is 0 Å². The zero-order valence-corrected chi connectivity index (χ0v) is 18.0. The normalized spacial score (nSPS) is 13.2. The third-order valence-corrected chi connectivity index (χ3v) is 5.66. The number of anilines is 2. The van der Waals surface area contributed by atoms with E-state index in [0.717, 1.165) is 23.6 Å². The van der Waals surface area contributed by atoms with Crippen molar-refractivity contribution < 1.29 is 13.6 Å². The van der Waals surface area contributed by atoms with Crippen LogP contribution in [0.1, 0.15) is 36.2 Å². The van der Waals surface area contributed by atoms with Gasteiger partial charge in [-0.15, -0.1) is 0 Å². The van der Waals surface area contributed by atoms with E-state index < -0.39 is 6.43 Å². The number of rotatable bonds is 4. The summed E-state index contributed by atoms with van der Waals surface area (Å²) < 4.78 is 27.7. The van der Waals surface area contributed by atoms with E-state index in [2.05, 4.69) is 37.4 Å². The number of aromatic nitrogens is 4. The van der Waals surface area contributed by atoms with Crippen LogP contribution < -0.4 is 10.6 Å². The summed E-state index contributed by atoms with van der Waals surface area (Å²) in [6.45, 7) is 0. The minimum absolute atomic E-state index is 0.0231. The molecule has 1 aliphatic carbocycles. The summed E-state index contributed by atoms with van der Waals surface area (Å²) in [5.74, 6) is 7.10. The molecule has 4 aromatic rings. The van der Waals surface area contributed by atoms with Gasteiger partial charge in [-0.1, -0.05) is 11.8 Å². The van der Waals surface area contributed by atoms with E-state index in [1.165, 1.54) is 4.57 Å². The van der Waals surface area contributed by atoms with Gasteiger partial charge in [-0.05, 0) is 37.1 Å². The lowest BCUT2D eigenvalue weighted by atomic mass is 10.1. The van der Waals surface area contributed by atoms with Crippen molar-refractivity contribution >= 4 is 39.3 Å². The Morgan fingerprint density at radius 1 is 1.15 bits per heavy atom. The SMILES string of the molecule is CNc1ncc(C#Cc2ccc3nc(C(F)F)n(C)c3c2)c2cc(NC(=O)C3CC3)ncc12. The molecule has 1 amide bonds. The van der Waals surface area contributed by atoms with E-state index in [4.69, 9.17) is 0 Å². The topological polar surface area (TPSA) is 84.7 Å². The Kier molecular flexibility index (Phi) is 5.13. The Bertz CT molecular complexity index is 1460. The molecule has 3 aromatic heterocycles. The zero-order valence-electron chi connectivity index (χ0n) is 18.0. The second kappa shape index (κ2) is 8.13. The number of alkyl halides is 2. The minimum Gasteiger partial charge on any atom is -0.373 e. The van der Waals surface area contributed by atoms with Gasteiger partial charge in [-0.3, -0.25) is 4.79 Å². The lowest BCUT2D eigenvalue weighted by molar-refractivity contribution is -0.117. The first-order valence-electron chi connectivity index (χ1n) is 10.5. The van der Waals surface area contributed by atoms with Crippen LogP contribution in [0, 0.1) is 17.8 Å². The number of imidazole rings is 1.